The van der Waals surface area contributed by atoms with Gasteiger partial charge in [-0.1, -0.05) is 0 Å². The first-order valence-corrected chi connectivity index (χ1v) is 5.22. The maximum absolute atomic E-state index is 8.19. The number of piperazine rings is 1. The molecule has 1 rings (SSSR count). The van der Waals surface area contributed by atoms with E-state index in [0.29, 0.717) is 13.1 Å². The molecule has 1 aliphatic rings. The van der Waals surface area contributed by atoms with Crippen molar-refractivity contribution in [2.24, 2.45) is 5.73 Å². The van der Waals surface area contributed by atoms with Crippen LogP contribution in [-0.2, 0) is 0 Å². The molecule has 1 fully saturated rings. The molecule has 0 aromatic rings. The summed E-state index contributed by atoms with van der Waals surface area (Å²) in [6, 6.07) is 0. The molecule has 0 radical (unpaired) electrons. The van der Waals surface area contributed by atoms with E-state index >= 15 is 0 Å². The van der Waals surface area contributed by atoms with Gasteiger partial charge in [-0.15, -0.1) is 0 Å². The Balaban J connectivity index is 0.000000241. The predicted octanol–water partition coefficient (Wildman–Crippen LogP) is -1.95. The second kappa shape index (κ2) is 10.9. The van der Waals surface area contributed by atoms with Crippen molar-refractivity contribution in [3.8, 4) is 0 Å². The van der Waals surface area contributed by atoms with Crippen molar-refractivity contribution in [3.05, 3.63) is 0 Å². The lowest BCUT2D eigenvalue weighted by Crippen LogP contribution is -2.40. The molecule has 5 nitrogen and oxygen atoms in total. The van der Waals surface area contributed by atoms with Crippen LogP contribution in [0.25, 0.3) is 0 Å². The Kier molecular flexibility index (Phi) is 10.7. The van der Waals surface area contributed by atoms with Crippen molar-refractivity contribution in [1.29, 1.82) is 0 Å². The summed E-state index contributed by atoms with van der Waals surface area (Å²) < 4.78 is 0. The molecule has 0 amide bonds. The minimum atomic E-state index is 0.194. The molecule has 0 aliphatic carbocycles. The number of aliphatic hydroxyl groups excluding tert-OH is 1. The van der Waals surface area contributed by atoms with E-state index in [2.05, 4.69) is 22.6 Å². The van der Waals surface area contributed by atoms with Crippen LogP contribution in [0.1, 0.15) is 0 Å². The average Bonchev–Trinajstić information content (AvgIpc) is 2.21. The van der Waals surface area contributed by atoms with E-state index in [1.54, 1.807) is 0 Å². The first-order chi connectivity index (χ1) is 6.81. The number of nitrogens with zero attached hydrogens (tertiary/aromatic N) is 1. The third-order valence-electron chi connectivity index (χ3n) is 1.95. The molecule has 0 spiro atoms. The SMILES string of the molecule is CN1CCNCC1.NCCNCCO. The molecular formula is C9H24N4O. The summed E-state index contributed by atoms with van der Waals surface area (Å²) >= 11 is 0. The van der Waals surface area contributed by atoms with Crippen molar-refractivity contribution in [2.45, 2.75) is 0 Å². The summed E-state index contributed by atoms with van der Waals surface area (Å²) in [5.74, 6) is 0. The summed E-state index contributed by atoms with van der Waals surface area (Å²) in [5, 5.41) is 14.4. The molecule has 1 aliphatic heterocycles. The zero-order chi connectivity index (χ0) is 10.6. The molecule has 0 atom stereocenters. The number of rotatable bonds is 4. The van der Waals surface area contributed by atoms with Gasteiger partial charge in [0, 0.05) is 45.8 Å². The highest BCUT2D eigenvalue weighted by molar-refractivity contribution is 4.62. The molecule has 0 saturated carbocycles. The molecule has 5 N–H and O–H groups in total. The summed E-state index contributed by atoms with van der Waals surface area (Å²) in [6.45, 7) is 7.02. The number of aliphatic hydroxyl groups is 1. The number of nitrogens with one attached hydrogen (secondary N) is 2. The Morgan fingerprint density at radius 3 is 2.36 bits per heavy atom. The van der Waals surface area contributed by atoms with Crippen LogP contribution in [0, 0.1) is 0 Å². The third kappa shape index (κ3) is 9.88. The van der Waals surface area contributed by atoms with Gasteiger partial charge in [0.15, 0.2) is 0 Å². The van der Waals surface area contributed by atoms with Gasteiger partial charge in [0.25, 0.3) is 0 Å². The fraction of sp³-hybridized carbons (Fsp3) is 1.00. The minimum Gasteiger partial charge on any atom is -0.395 e. The van der Waals surface area contributed by atoms with Crippen LogP contribution in [0.2, 0.25) is 0 Å². The molecule has 0 unspecified atom stereocenters. The van der Waals surface area contributed by atoms with Crippen molar-refractivity contribution in [3.63, 3.8) is 0 Å². The van der Waals surface area contributed by atoms with Crippen LogP contribution in [0.4, 0.5) is 0 Å². The Labute approximate surface area is 86.7 Å². The highest BCUT2D eigenvalue weighted by Crippen LogP contribution is 1.83. The zero-order valence-electron chi connectivity index (χ0n) is 9.13. The maximum Gasteiger partial charge on any atom is 0.0555 e. The first-order valence-electron chi connectivity index (χ1n) is 5.22. The number of nitrogens with two attached hydrogens (primary N) is 1. The van der Waals surface area contributed by atoms with E-state index < -0.39 is 0 Å². The minimum absolute atomic E-state index is 0.194. The summed E-state index contributed by atoms with van der Waals surface area (Å²) in [4.78, 5) is 2.33. The lowest BCUT2D eigenvalue weighted by molar-refractivity contribution is 0.291. The average molecular weight is 204 g/mol. The van der Waals surface area contributed by atoms with Gasteiger partial charge in [-0.25, -0.2) is 0 Å². The normalized spacial score (nSPS) is 17.4. The molecule has 1 saturated heterocycles. The molecular weight excluding hydrogens is 180 g/mol. The standard InChI is InChI=1S/C5H12N2.C4H12N2O/c1-7-4-2-6-3-5-7;5-1-2-6-3-4-7/h6H,2-5H2,1H3;6-7H,1-5H2. The quantitative estimate of drug-likeness (QED) is 0.401. The van der Waals surface area contributed by atoms with Gasteiger partial charge in [-0.05, 0) is 7.05 Å². The lowest BCUT2D eigenvalue weighted by Gasteiger charge is -2.21. The maximum atomic E-state index is 8.19. The van der Waals surface area contributed by atoms with Crippen LogP contribution >= 0.6 is 0 Å². The van der Waals surface area contributed by atoms with Crippen molar-refractivity contribution < 1.29 is 5.11 Å². The number of likely N-dealkylation sites (N-methyl/N-ethyl adjacent to an activating group) is 1. The Hall–Kier alpha value is -0.200. The molecule has 0 bridgehead atoms. The van der Waals surface area contributed by atoms with Crippen LogP contribution in [0.3, 0.4) is 0 Å². The van der Waals surface area contributed by atoms with E-state index in [-0.39, 0.29) is 6.61 Å². The predicted molar refractivity (Wildman–Crippen MR) is 59.4 cm³/mol. The second-order valence-electron chi connectivity index (χ2n) is 3.32. The van der Waals surface area contributed by atoms with Gasteiger partial charge < -0.3 is 26.4 Å². The molecule has 0 aromatic heterocycles. The highest BCUT2D eigenvalue weighted by atomic mass is 16.3. The zero-order valence-corrected chi connectivity index (χ0v) is 9.13. The van der Waals surface area contributed by atoms with Gasteiger partial charge in [0.05, 0.1) is 6.61 Å². The van der Waals surface area contributed by atoms with Crippen LogP contribution in [0.5, 0.6) is 0 Å². The van der Waals surface area contributed by atoms with E-state index in [4.69, 9.17) is 10.8 Å². The third-order valence-corrected chi connectivity index (χ3v) is 1.95. The van der Waals surface area contributed by atoms with Crippen LogP contribution < -0.4 is 16.4 Å². The van der Waals surface area contributed by atoms with Gasteiger partial charge in [0.1, 0.15) is 0 Å². The smallest absolute Gasteiger partial charge is 0.0555 e. The molecule has 1 heterocycles. The second-order valence-corrected chi connectivity index (χ2v) is 3.32. The summed E-state index contributed by atoms with van der Waals surface area (Å²) in [7, 11) is 2.15. The van der Waals surface area contributed by atoms with E-state index in [1.807, 2.05) is 0 Å². The van der Waals surface area contributed by atoms with Crippen LogP contribution in [-0.4, -0.2) is 69.5 Å². The molecule has 86 valence electrons. The van der Waals surface area contributed by atoms with Crippen molar-refractivity contribution >= 4 is 0 Å². The van der Waals surface area contributed by atoms with E-state index in [1.165, 1.54) is 13.1 Å². The fourth-order valence-electron chi connectivity index (χ4n) is 1.08. The monoisotopic (exact) mass is 204 g/mol. The lowest BCUT2D eigenvalue weighted by atomic mass is 10.4. The molecule has 14 heavy (non-hydrogen) atoms. The van der Waals surface area contributed by atoms with Gasteiger partial charge in [-0.2, -0.15) is 0 Å². The Bertz CT molecular complexity index is 103. The van der Waals surface area contributed by atoms with Gasteiger partial charge >= 0.3 is 0 Å². The van der Waals surface area contributed by atoms with Gasteiger partial charge in [-0.3, -0.25) is 0 Å². The highest BCUT2D eigenvalue weighted by Gasteiger charge is 2.01. The molecule has 0 aromatic carbocycles. The van der Waals surface area contributed by atoms with Crippen molar-refractivity contribution in [2.75, 3.05) is 59.5 Å². The van der Waals surface area contributed by atoms with Crippen molar-refractivity contribution in [1.82, 2.24) is 15.5 Å². The number of hydrogen-bond acceptors (Lipinski definition) is 5. The van der Waals surface area contributed by atoms with E-state index in [0.717, 1.165) is 19.6 Å². The van der Waals surface area contributed by atoms with E-state index in [9.17, 15) is 0 Å². The van der Waals surface area contributed by atoms with Crippen LogP contribution in [0.15, 0.2) is 0 Å². The topological polar surface area (TPSA) is 73.5 Å². The first kappa shape index (κ1) is 13.8. The number of hydrogen-bond donors (Lipinski definition) is 4. The molecule has 5 heteroatoms. The Morgan fingerprint density at radius 1 is 1.36 bits per heavy atom. The Morgan fingerprint density at radius 2 is 2.00 bits per heavy atom. The largest absolute Gasteiger partial charge is 0.395 e. The fourth-order valence-corrected chi connectivity index (χ4v) is 1.08. The van der Waals surface area contributed by atoms with Gasteiger partial charge in [0.2, 0.25) is 0 Å². The summed E-state index contributed by atoms with van der Waals surface area (Å²) in [5.41, 5.74) is 5.13. The summed E-state index contributed by atoms with van der Waals surface area (Å²) in [6.07, 6.45) is 0.